The molecule has 0 radical (unpaired) electrons. The summed E-state index contributed by atoms with van der Waals surface area (Å²) >= 11 is 0. The molecule has 0 aromatic heterocycles. The Morgan fingerprint density at radius 2 is 1.91 bits per heavy atom. The van der Waals surface area contributed by atoms with Gasteiger partial charge in [-0.25, -0.2) is 0 Å². The molecule has 1 rings (SSSR count). The van der Waals surface area contributed by atoms with Crippen LogP contribution in [0.5, 0.6) is 0 Å². The minimum atomic E-state index is -1.39. The highest BCUT2D eigenvalue weighted by atomic mass is 28.4. The minimum Gasteiger partial charge on any atom is -0.416 e. The lowest BCUT2D eigenvalue weighted by molar-refractivity contribution is 0.340. The Bertz CT molecular complexity index is 154. The summed E-state index contributed by atoms with van der Waals surface area (Å²) in [5.41, 5.74) is 0.750. The Morgan fingerprint density at radius 3 is 2.09 bits per heavy atom. The fourth-order valence-corrected chi connectivity index (χ4v) is 5.32. The van der Waals surface area contributed by atoms with Crippen molar-refractivity contribution in [3.63, 3.8) is 0 Å². The van der Waals surface area contributed by atoms with Gasteiger partial charge in [-0.2, -0.15) is 0 Å². The molecule has 1 unspecified atom stereocenters. The molecule has 0 amide bonds. The molecule has 1 heterocycles. The van der Waals surface area contributed by atoms with Gasteiger partial charge in [0.05, 0.1) is 0 Å². The van der Waals surface area contributed by atoms with E-state index in [9.17, 15) is 0 Å². The first kappa shape index (κ1) is 9.27. The van der Waals surface area contributed by atoms with Gasteiger partial charge in [0, 0.05) is 6.61 Å². The van der Waals surface area contributed by atoms with Crippen LogP contribution in [-0.2, 0) is 4.43 Å². The monoisotopic (exact) mass is 172 g/mol. The highest BCUT2D eigenvalue weighted by molar-refractivity contribution is 6.77. The molecule has 0 aliphatic carbocycles. The maximum Gasteiger partial charge on any atom is 0.197 e. The van der Waals surface area contributed by atoms with Crippen molar-refractivity contribution in [1.82, 2.24) is 0 Å². The highest BCUT2D eigenvalue weighted by Gasteiger charge is 2.51. The molecule has 2 heteroatoms. The van der Waals surface area contributed by atoms with E-state index in [0.717, 1.165) is 12.1 Å². The first-order valence-corrected chi connectivity index (χ1v) is 7.03. The Hall–Kier alpha value is 0.177. The zero-order chi connectivity index (χ0) is 8.70. The van der Waals surface area contributed by atoms with Crippen LogP contribution in [0.2, 0.25) is 17.1 Å². The van der Waals surface area contributed by atoms with Crippen molar-refractivity contribution in [2.45, 2.75) is 51.2 Å². The molecule has 0 N–H and O–H groups in total. The van der Waals surface area contributed by atoms with Crippen LogP contribution in [0.3, 0.4) is 0 Å². The fraction of sp³-hybridized carbons (Fsp3) is 1.00. The van der Waals surface area contributed by atoms with E-state index in [0.29, 0.717) is 5.04 Å². The van der Waals surface area contributed by atoms with Gasteiger partial charge in [0.1, 0.15) is 0 Å². The van der Waals surface area contributed by atoms with E-state index >= 15 is 0 Å². The molecular weight excluding hydrogens is 152 g/mol. The third kappa shape index (κ3) is 1.27. The predicted molar refractivity (Wildman–Crippen MR) is 51.3 cm³/mol. The molecule has 1 atom stereocenters. The Balaban J connectivity index is 2.84. The molecule has 0 spiro atoms. The third-order valence-corrected chi connectivity index (χ3v) is 9.52. The largest absolute Gasteiger partial charge is 0.416 e. The van der Waals surface area contributed by atoms with Crippen LogP contribution in [-0.4, -0.2) is 14.9 Å². The molecule has 1 aliphatic heterocycles. The van der Waals surface area contributed by atoms with Crippen molar-refractivity contribution in [3.05, 3.63) is 0 Å². The SMILES string of the molecule is CC(C)[Si]1(C)OCCC1(C)C. The summed E-state index contributed by atoms with van der Waals surface area (Å²) in [6.07, 6.45) is 1.26. The molecule has 66 valence electrons. The standard InChI is InChI=1S/C9H20OSi/c1-8(2)11(5)9(3,4)6-7-10-11/h8H,6-7H2,1-5H3. The van der Waals surface area contributed by atoms with E-state index in [1.165, 1.54) is 6.42 Å². The van der Waals surface area contributed by atoms with Crippen LogP contribution in [0, 0.1) is 0 Å². The van der Waals surface area contributed by atoms with Crippen LogP contribution in [0.25, 0.3) is 0 Å². The molecule has 1 fully saturated rings. The fourth-order valence-electron chi connectivity index (χ4n) is 1.91. The van der Waals surface area contributed by atoms with E-state index in [1.807, 2.05) is 0 Å². The normalized spacial score (nSPS) is 36.5. The van der Waals surface area contributed by atoms with Crippen LogP contribution in [0.4, 0.5) is 0 Å². The third-order valence-electron chi connectivity index (χ3n) is 3.57. The average molecular weight is 172 g/mol. The summed E-state index contributed by atoms with van der Waals surface area (Å²) in [6, 6.07) is 0. The van der Waals surface area contributed by atoms with Crippen LogP contribution in [0.1, 0.15) is 34.1 Å². The molecule has 11 heavy (non-hydrogen) atoms. The van der Waals surface area contributed by atoms with E-state index in [-0.39, 0.29) is 0 Å². The minimum absolute atomic E-state index is 0.487. The Labute approximate surface area is 71.3 Å². The van der Waals surface area contributed by atoms with Gasteiger partial charge in [0.25, 0.3) is 0 Å². The molecule has 0 bridgehead atoms. The maximum absolute atomic E-state index is 5.96. The lowest BCUT2D eigenvalue weighted by atomic mass is 10.1. The van der Waals surface area contributed by atoms with E-state index in [2.05, 4.69) is 34.2 Å². The van der Waals surface area contributed by atoms with Crippen molar-refractivity contribution in [2.24, 2.45) is 0 Å². The zero-order valence-corrected chi connectivity index (χ0v) is 9.40. The predicted octanol–water partition coefficient (Wildman–Crippen LogP) is 3.17. The number of hydrogen-bond donors (Lipinski definition) is 0. The molecular formula is C9H20OSi. The first-order valence-electron chi connectivity index (χ1n) is 4.54. The Morgan fingerprint density at radius 1 is 1.36 bits per heavy atom. The smallest absolute Gasteiger partial charge is 0.197 e. The second-order valence-corrected chi connectivity index (χ2v) is 9.76. The van der Waals surface area contributed by atoms with E-state index in [1.54, 1.807) is 0 Å². The summed E-state index contributed by atoms with van der Waals surface area (Å²) in [5, 5.41) is 0.487. The molecule has 1 aliphatic rings. The van der Waals surface area contributed by atoms with Crippen molar-refractivity contribution < 1.29 is 4.43 Å². The van der Waals surface area contributed by atoms with Gasteiger partial charge in [-0.3, -0.25) is 0 Å². The van der Waals surface area contributed by atoms with Gasteiger partial charge < -0.3 is 4.43 Å². The van der Waals surface area contributed by atoms with Crippen molar-refractivity contribution >= 4 is 8.32 Å². The lowest BCUT2D eigenvalue weighted by Crippen LogP contribution is -2.42. The maximum atomic E-state index is 5.96. The van der Waals surface area contributed by atoms with Crippen LogP contribution in [0.15, 0.2) is 0 Å². The van der Waals surface area contributed by atoms with Crippen molar-refractivity contribution in [3.8, 4) is 0 Å². The average Bonchev–Trinajstić information content (AvgIpc) is 2.09. The summed E-state index contributed by atoms with van der Waals surface area (Å²) in [6.45, 7) is 12.7. The van der Waals surface area contributed by atoms with Gasteiger partial charge in [-0.05, 0) is 23.5 Å². The molecule has 0 aromatic rings. The summed E-state index contributed by atoms with van der Waals surface area (Å²) in [5.74, 6) is 0. The lowest BCUT2D eigenvalue weighted by Gasteiger charge is -2.37. The Kier molecular flexibility index (Phi) is 2.19. The second-order valence-electron chi connectivity index (χ2n) is 4.74. The van der Waals surface area contributed by atoms with E-state index in [4.69, 9.17) is 4.43 Å². The van der Waals surface area contributed by atoms with Gasteiger partial charge in [-0.15, -0.1) is 0 Å². The van der Waals surface area contributed by atoms with Gasteiger partial charge in [0.2, 0.25) is 0 Å². The molecule has 0 aromatic carbocycles. The number of rotatable bonds is 1. The second kappa shape index (κ2) is 2.59. The van der Waals surface area contributed by atoms with Gasteiger partial charge in [-0.1, -0.05) is 27.7 Å². The van der Waals surface area contributed by atoms with Crippen LogP contribution >= 0.6 is 0 Å². The topological polar surface area (TPSA) is 9.23 Å². The molecule has 0 saturated carbocycles. The van der Waals surface area contributed by atoms with Crippen LogP contribution < -0.4 is 0 Å². The quantitative estimate of drug-likeness (QED) is 0.552. The highest BCUT2D eigenvalue weighted by Crippen LogP contribution is 2.51. The van der Waals surface area contributed by atoms with Gasteiger partial charge >= 0.3 is 0 Å². The van der Waals surface area contributed by atoms with Crippen molar-refractivity contribution in [2.75, 3.05) is 6.61 Å². The first-order chi connectivity index (χ1) is 4.90. The zero-order valence-electron chi connectivity index (χ0n) is 8.40. The van der Waals surface area contributed by atoms with E-state index < -0.39 is 8.32 Å². The summed E-state index contributed by atoms with van der Waals surface area (Å²) in [4.78, 5) is 0. The molecule has 1 nitrogen and oxygen atoms in total. The van der Waals surface area contributed by atoms with Crippen molar-refractivity contribution in [1.29, 1.82) is 0 Å². The summed E-state index contributed by atoms with van der Waals surface area (Å²) in [7, 11) is -1.39. The summed E-state index contributed by atoms with van der Waals surface area (Å²) < 4.78 is 5.96. The molecule has 1 saturated heterocycles. The van der Waals surface area contributed by atoms with Gasteiger partial charge in [0.15, 0.2) is 8.32 Å². The number of hydrogen-bond acceptors (Lipinski definition) is 1.